The number of nitrogens with zero attached hydrogens (tertiary/aromatic N) is 1. The van der Waals surface area contributed by atoms with Crippen LogP contribution in [0.5, 0.6) is 0 Å². The number of nitrogens with two attached hydrogens (primary N) is 1. The standard InChI is InChI=1S/C14H12N2O3/c15-14(16(18)19,12-9-5-2-6-10-12)13(17)11-7-3-1-4-8-11/h1-10H,15H2. The summed E-state index contributed by atoms with van der Waals surface area (Å²) in [6.07, 6.45) is 0. The highest BCUT2D eigenvalue weighted by Gasteiger charge is 2.49. The lowest BCUT2D eigenvalue weighted by molar-refractivity contribution is -0.557. The van der Waals surface area contributed by atoms with E-state index in [-0.39, 0.29) is 11.1 Å². The van der Waals surface area contributed by atoms with Gasteiger partial charge in [-0.25, -0.2) is 0 Å². The maximum Gasteiger partial charge on any atom is 0.361 e. The summed E-state index contributed by atoms with van der Waals surface area (Å²) in [5.74, 6) is -0.732. The van der Waals surface area contributed by atoms with Crippen molar-refractivity contribution in [2.24, 2.45) is 5.73 Å². The van der Waals surface area contributed by atoms with Crippen molar-refractivity contribution in [3.05, 3.63) is 81.9 Å². The zero-order valence-corrected chi connectivity index (χ0v) is 10.0. The third-order valence-electron chi connectivity index (χ3n) is 2.88. The summed E-state index contributed by atoms with van der Waals surface area (Å²) in [5, 5.41) is 11.3. The molecule has 2 rings (SSSR count). The van der Waals surface area contributed by atoms with E-state index in [4.69, 9.17) is 5.73 Å². The van der Waals surface area contributed by atoms with Crippen molar-refractivity contribution < 1.29 is 9.72 Å². The molecule has 2 aromatic carbocycles. The van der Waals surface area contributed by atoms with Crippen LogP contribution in [0.15, 0.2) is 60.7 Å². The lowest BCUT2D eigenvalue weighted by atomic mass is 9.92. The lowest BCUT2D eigenvalue weighted by Crippen LogP contribution is -2.51. The molecule has 0 aliphatic carbocycles. The summed E-state index contributed by atoms with van der Waals surface area (Å²) in [5.41, 5.74) is 3.90. The van der Waals surface area contributed by atoms with Gasteiger partial charge in [0.15, 0.2) is 0 Å². The van der Waals surface area contributed by atoms with E-state index in [0.29, 0.717) is 0 Å². The minimum atomic E-state index is -2.26. The maximum absolute atomic E-state index is 12.3. The number of carbonyl (C=O) groups is 1. The second-order valence-electron chi connectivity index (χ2n) is 4.08. The molecule has 5 nitrogen and oxygen atoms in total. The average Bonchev–Trinajstić information content (AvgIpc) is 2.47. The fourth-order valence-corrected chi connectivity index (χ4v) is 1.82. The van der Waals surface area contributed by atoms with Crippen LogP contribution in [-0.2, 0) is 5.66 Å². The molecule has 0 saturated carbocycles. The van der Waals surface area contributed by atoms with Crippen LogP contribution in [0, 0.1) is 10.1 Å². The fraction of sp³-hybridized carbons (Fsp3) is 0.0714. The molecule has 0 heterocycles. The zero-order valence-electron chi connectivity index (χ0n) is 10.0. The van der Waals surface area contributed by atoms with Crippen LogP contribution in [0.3, 0.4) is 0 Å². The molecule has 2 N–H and O–H groups in total. The van der Waals surface area contributed by atoms with E-state index < -0.39 is 16.4 Å². The number of ketones is 1. The lowest BCUT2D eigenvalue weighted by Gasteiger charge is -2.19. The Morgan fingerprint density at radius 2 is 1.47 bits per heavy atom. The van der Waals surface area contributed by atoms with Crippen LogP contribution in [0.2, 0.25) is 0 Å². The summed E-state index contributed by atoms with van der Waals surface area (Å²) >= 11 is 0. The summed E-state index contributed by atoms with van der Waals surface area (Å²) < 4.78 is 0. The second-order valence-corrected chi connectivity index (χ2v) is 4.08. The Morgan fingerprint density at radius 3 is 1.95 bits per heavy atom. The van der Waals surface area contributed by atoms with E-state index in [0.717, 1.165) is 0 Å². The number of hydrogen-bond acceptors (Lipinski definition) is 4. The molecule has 5 heteroatoms. The van der Waals surface area contributed by atoms with Crippen LogP contribution in [-0.4, -0.2) is 10.7 Å². The quantitative estimate of drug-likeness (QED) is 0.392. The van der Waals surface area contributed by atoms with Gasteiger partial charge in [0, 0.05) is 5.56 Å². The Hall–Kier alpha value is -2.53. The Kier molecular flexibility index (Phi) is 3.39. The first-order valence-electron chi connectivity index (χ1n) is 5.65. The molecule has 1 unspecified atom stereocenters. The molecule has 0 amide bonds. The molecular formula is C14H12N2O3. The molecule has 1 atom stereocenters. The summed E-state index contributed by atoms with van der Waals surface area (Å²) in [7, 11) is 0. The molecular weight excluding hydrogens is 244 g/mol. The molecule has 0 radical (unpaired) electrons. The molecule has 0 spiro atoms. The zero-order chi connectivity index (χ0) is 13.9. The molecule has 0 aliphatic rings. The average molecular weight is 256 g/mol. The van der Waals surface area contributed by atoms with Crippen molar-refractivity contribution in [3.63, 3.8) is 0 Å². The van der Waals surface area contributed by atoms with E-state index in [2.05, 4.69) is 0 Å². The maximum atomic E-state index is 12.3. The van der Waals surface area contributed by atoms with Crippen LogP contribution < -0.4 is 5.73 Å². The van der Waals surface area contributed by atoms with Gasteiger partial charge < -0.3 is 0 Å². The molecule has 0 bridgehead atoms. The predicted octanol–water partition coefficient (Wildman–Crippen LogP) is 1.96. The molecule has 19 heavy (non-hydrogen) atoms. The van der Waals surface area contributed by atoms with E-state index in [1.807, 2.05) is 0 Å². The van der Waals surface area contributed by atoms with Crippen molar-refractivity contribution in [1.82, 2.24) is 0 Å². The van der Waals surface area contributed by atoms with Crippen LogP contribution in [0.1, 0.15) is 15.9 Å². The van der Waals surface area contributed by atoms with E-state index in [9.17, 15) is 14.9 Å². The highest BCUT2D eigenvalue weighted by Crippen LogP contribution is 2.23. The number of benzene rings is 2. The third-order valence-corrected chi connectivity index (χ3v) is 2.88. The smallest absolute Gasteiger partial charge is 0.284 e. The van der Waals surface area contributed by atoms with Crippen molar-refractivity contribution in [2.45, 2.75) is 5.66 Å². The number of Topliss-reactive ketones (excluding diaryl/α,β-unsaturated/α-hetero) is 1. The monoisotopic (exact) mass is 256 g/mol. The van der Waals surface area contributed by atoms with Crippen molar-refractivity contribution in [1.29, 1.82) is 0 Å². The van der Waals surface area contributed by atoms with Crippen molar-refractivity contribution >= 4 is 5.78 Å². The first kappa shape index (κ1) is 12.9. The van der Waals surface area contributed by atoms with Gasteiger partial charge in [0.25, 0.3) is 5.78 Å². The van der Waals surface area contributed by atoms with Crippen molar-refractivity contribution in [3.8, 4) is 0 Å². The minimum absolute atomic E-state index is 0.161. The Morgan fingerprint density at radius 1 is 1.00 bits per heavy atom. The number of nitro groups is 1. The molecule has 0 saturated heterocycles. The van der Waals surface area contributed by atoms with E-state index in [1.165, 1.54) is 24.3 Å². The summed E-state index contributed by atoms with van der Waals surface area (Å²) in [6, 6.07) is 15.9. The van der Waals surface area contributed by atoms with Gasteiger partial charge in [0.05, 0.1) is 10.5 Å². The number of carbonyl (C=O) groups excluding carboxylic acids is 1. The summed E-state index contributed by atoms with van der Waals surface area (Å²) in [6.45, 7) is 0. The normalized spacial score (nSPS) is 13.5. The van der Waals surface area contributed by atoms with Gasteiger partial charge >= 0.3 is 5.66 Å². The SMILES string of the molecule is NC(C(=O)c1ccccc1)(c1ccccc1)[N+](=O)[O-]. The van der Waals surface area contributed by atoms with Gasteiger partial charge in [0.2, 0.25) is 0 Å². The third kappa shape index (κ3) is 2.23. The Bertz CT molecular complexity index is 599. The first-order valence-corrected chi connectivity index (χ1v) is 5.65. The van der Waals surface area contributed by atoms with Gasteiger partial charge in [-0.3, -0.25) is 20.6 Å². The first-order chi connectivity index (χ1) is 9.06. The van der Waals surface area contributed by atoms with Gasteiger partial charge in [-0.1, -0.05) is 48.5 Å². The number of hydrogen-bond donors (Lipinski definition) is 1. The summed E-state index contributed by atoms with van der Waals surface area (Å²) in [4.78, 5) is 22.9. The van der Waals surface area contributed by atoms with Crippen molar-refractivity contribution in [2.75, 3.05) is 0 Å². The topological polar surface area (TPSA) is 86.2 Å². The molecule has 0 fully saturated rings. The second kappa shape index (κ2) is 4.99. The van der Waals surface area contributed by atoms with E-state index in [1.54, 1.807) is 36.4 Å². The highest BCUT2D eigenvalue weighted by atomic mass is 16.6. The minimum Gasteiger partial charge on any atom is -0.284 e. The van der Waals surface area contributed by atoms with Gasteiger partial charge in [-0.05, 0) is 12.1 Å². The van der Waals surface area contributed by atoms with Gasteiger partial charge in [-0.2, -0.15) is 0 Å². The van der Waals surface area contributed by atoms with E-state index >= 15 is 0 Å². The molecule has 0 aliphatic heterocycles. The Labute approximate surface area is 109 Å². The van der Waals surface area contributed by atoms with Gasteiger partial charge in [-0.15, -0.1) is 0 Å². The fourth-order valence-electron chi connectivity index (χ4n) is 1.82. The predicted molar refractivity (Wildman–Crippen MR) is 70.1 cm³/mol. The molecule has 96 valence electrons. The van der Waals surface area contributed by atoms with Crippen LogP contribution >= 0.6 is 0 Å². The van der Waals surface area contributed by atoms with Crippen LogP contribution in [0.4, 0.5) is 0 Å². The molecule has 0 aromatic heterocycles. The highest BCUT2D eigenvalue weighted by molar-refractivity contribution is 6.02. The largest absolute Gasteiger partial charge is 0.361 e. The number of rotatable bonds is 4. The van der Waals surface area contributed by atoms with Crippen LogP contribution in [0.25, 0.3) is 0 Å². The molecule has 2 aromatic rings. The van der Waals surface area contributed by atoms with Gasteiger partial charge in [0.1, 0.15) is 0 Å². The Balaban J connectivity index is 2.53.